The van der Waals surface area contributed by atoms with E-state index in [0.717, 1.165) is 15.6 Å². The Labute approximate surface area is 165 Å². The SMILES string of the molecule is CC(Sc1nc(-c2ccccc2)cs1)C(=O)Nc1ccc(S(N)(=O)=O)cc1. The molecule has 1 amide bonds. The van der Waals surface area contributed by atoms with E-state index in [9.17, 15) is 13.2 Å². The summed E-state index contributed by atoms with van der Waals surface area (Å²) in [5, 5.41) is 9.43. The summed E-state index contributed by atoms with van der Waals surface area (Å²) in [4.78, 5) is 16.9. The first kappa shape index (κ1) is 19.6. The maximum atomic E-state index is 12.4. The molecule has 0 saturated carbocycles. The van der Waals surface area contributed by atoms with E-state index in [4.69, 9.17) is 5.14 Å². The average molecular weight is 420 g/mol. The van der Waals surface area contributed by atoms with Crippen molar-refractivity contribution < 1.29 is 13.2 Å². The van der Waals surface area contributed by atoms with Gasteiger partial charge in [-0.3, -0.25) is 4.79 Å². The number of anilines is 1. The van der Waals surface area contributed by atoms with E-state index in [-0.39, 0.29) is 16.1 Å². The van der Waals surface area contributed by atoms with Gasteiger partial charge in [-0.15, -0.1) is 11.3 Å². The molecular weight excluding hydrogens is 402 g/mol. The van der Waals surface area contributed by atoms with Gasteiger partial charge in [-0.25, -0.2) is 18.5 Å². The van der Waals surface area contributed by atoms with E-state index in [2.05, 4.69) is 10.3 Å². The monoisotopic (exact) mass is 419 g/mol. The van der Waals surface area contributed by atoms with Crippen molar-refractivity contribution in [2.24, 2.45) is 5.14 Å². The van der Waals surface area contributed by atoms with Crippen molar-refractivity contribution in [3.63, 3.8) is 0 Å². The summed E-state index contributed by atoms with van der Waals surface area (Å²) in [7, 11) is -3.75. The van der Waals surface area contributed by atoms with Crippen molar-refractivity contribution >= 4 is 44.7 Å². The Hall–Kier alpha value is -2.20. The number of benzene rings is 2. The number of nitrogens with zero attached hydrogens (tertiary/aromatic N) is 1. The number of carbonyl (C=O) groups is 1. The van der Waals surface area contributed by atoms with Gasteiger partial charge >= 0.3 is 0 Å². The van der Waals surface area contributed by atoms with Crippen LogP contribution in [0.15, 0.2) is 69.2 Å². The zero-order valence-electron chi connectivity index (χ0n) is 14.3. The van der Waals surface area contributed by atoms with E-state index in [1.54, 1.807) is 6.92 Å². The zero-order valence-corrected chi connectivity index (χ0v) is 16.8. The van der Waals surface area contributed by atoms with Crippen LogP contribution >= 0.6 is 23.1 Å². The van der Waals surface area contributed by atoms with Crippen LogP contribution in [0.25, 0.3) is 11.3 Å². The number of aromatic nitrogens is 1. The highest BCUT2D eigenvalue weighted by Gasteiger charge is 2.17. The lowest BCUT2D eigenvalue weighted by Gasteiger charge is -2.10. The van der Waals surface area contributed by atoms with Gasteiger partial charge in [-0.2, -0.15) is 0 Å². The molecule has 140 valence electrons. The molecule has 0 aliphatic heterocycles. The molecule has 0 saturated heterocycles. The zero-order chi connectivity index (χ0) is 19.4. The van der Waals surface area contributed by atoms with Gasteiger partial charge in [0, 0.05) is 16.6 Å². The second-order valence-corrected chi connectivity index (χ2v) is 9.69. The van der Waals surface area contributed by atoms with Gasteiger partial charge in [-0.1, -0.05) is 42.1 Å². The molecule has 2 aromatic carbocycles. The number of amides is 1. The third kappa shape index (κ3) is 5.16. The molecule has 1 heterocycles. The number of hydrogen-bond acceptors (Lipinski definition) is 6. The average Bonchev–Trinajstić information content (AvgIpc) is 3.10. The van der Waals surface area contributed by atoms with E-state index in [0.29, 0.717) is 5.69 Å². The maximum absolute atomic E-state index is 12.4. The molecule has 0 bridgehead atoms. The van der Waals surface area contributed by atoms with Crippen LogP contribution in [-0.4, -0.2) is 24.6 Å². The summed E-state index contributed by atoms with van der Waals surface area (Å²) in [6.45, 7) is 1.79. The van der Waals surface area contributed by atoms with Crippen LogP contribution in [0.5, 0.6) is 0 Å². The van der Waals surface area contributed by atoms with Crippen LogP contribution < -0.4 is 10.5 Å². The highest BCUT2D eigenvalue weighted by molar-refractivity contribution is 8.02. The fraction of sp³-hybridized carbons (Fsp3) is 0.111. The Morgan fingerprint density at radius 3 is 2.44 bits per heavy atom. The summed E-state index contributed by atoms with van der Waals surface area (Å²) in [5.41, 5.74) is 2.42. The molecule has 9 heteroatoms. The van der Waals surface area contributed by atoms with E-state index < -0.39 is 10.0 Å². The molecule has 1 atom stereocenters. The first-order valence-corrected chi connectivity index (χ1v) is 11.2. The molecule has 0 spiro atoms. The van der Waals surface area contributed by atoms with Crippen LogP contribution in [0.3, 0.4) is 0 Å². The fourth-order valence-electron chi connectivity index (χ4n) is 2.23. The third-order valence-electron chi connectivity index (χ3n) is 3.65. The van der Waals surface area contributed by atoms with Crippen molar-refractivity contribution in [3.05, 3.63) is 60.0 Å². The molecule has 1 aromatic heterocycles. The summed E-state index contributed by atoms with van der Waals surface area (Å²) in [6, 6.07) is 15.6. The fourth-order valence-corrected chi connectivity index (χ4v) is 4.72. The molecule has 0 aliphatic rings. The second-order valence-electron chi connectivity index (χ2n) is 5.68. The van der Waals surface area contributed by atoms with Crippen LogP contribution in [0.4, 0.5) is 5.69 Å². The minimum atomic E-state index is -3.75. The van der Waals surface area contributed by atoms with Gasteiger partial charge in [0.05, 0.1) is 15.8 Å². The van der Waals surface area contributed by atoms with Crippen molar-refractivity contribution in [1.29, 1.82) is 0 Å². The Kier molecular flexibility index (Phi) is 5.95. The van der Waals surface area contributed by atoms with Crippen molar-refractivity contribution in [2.75, 3.05) is 5.32 Å². The van der Waals surface area contributed by atoms with E-state index in [1.165, 1.54) is 47.4 Å². The van der Waals surface area contributed by atoms with Gasteiger partial charge in [0.25, 0.3) is 0 Å². The molecule has 0 radical (unpaired) electrons. The highest BCUT2D eigenvalue weighted by atomic mass is 32.2. The number of carbonyl (C=O) groups excluding carboxylic acids is 1. The quantitative estimate of drug-likeness (QED) is 0.595. The predicted molar refractivity (Wildman–Crippen MR) is 109 cm³/mol. The van der Waals surface area contributed by atoms with Crippen molar-refractivity contribution in [1.82, 2.24) is 4.98 Å². The molecule has 1 unspecified atom stereocenters. The molecule has 0 fully saturated rings. The normalized spacial score (nSPS) is 12.5. The Balaban J connectivity index is 1.62. The molecule has 0 aliphatic carbocycles. The van der Waals surface area contributed by atoms with Gasteiger partial charge in [-0.05, 0) is 31.2 Å². The molecular formula is C18H17N3O3S3. The number of nitrogens with two attached hydrogens (primary N) is 1. The van der Waals surface area contributed by atoms with Gasteiger partial charge in [0.2, 0.25) is 15.9 Å². The molecule has 3 aromatic rings. The number of rotatable bonds is 6. The van der Waals surface area contributed by atoms with Crippen LogP contribution in [-0.2, 0) is 14.8 Å². The van der Waals surface area contributed by atoms with Crippen molar-refractivity contribution in [2.45, 2.75) is 21.4 Å². The highest BCUT2D eigenvalue weighted by Crippen LogP contribution is 2.31. The number of nitrogens with one attached hydrogen (secondary N) is 1. The lowest BCUT2D eigenvalue weighted by Crippen LogP contribution is -2.22. The second kappa shape index (κ2) is 8.22. The number of sulfonamides is 1. The maximum Gasteiger partial charge on any atom is 0.238 e. The summed E-state index contributed by atoms with van der Waals surface area (Å²) < 4.78 is 23.3. The topological polar surface area (TPSA) is 102 Å². The smallest absolute Gasteiger partial charge is 0.238 e. The molecule has 3 rings (SSSR count). The molecule has 3 N–H and O–H groups in total. The van der Waals surface area contributed by atoms with Crippen molar-refractivity contribution in [3.8, 4) is 11.3 Å². The van der Waals surface area contributed by atoms with E-state index in [1.807, 2.05) is 35.7 Å². The van der Waals surface area contributed by atoms with Gasteiger partial charge in [0.15, 0.2) is 4.34 Å². The predicted octanol–water partition coefficient (Wildman–Crippen LogP) is 3.58. The number of thioether (sulfide) groups is 1. The van der Waals surface area contributed by atoms with Gasteiger partial charge < -0.3 is 5.32 Å². The van der Waals surface area contributed by atoms with Crippen LogP contribution in [0, 0.1) is 0 Å². The number of hydrogen-bond donors (Lipinski definition) is 2. The largest absolute Gasteiger partial charge is 0.325 e. The Bertz CT molecular complexity index is 1030. The summed E-state index contributed by atoms with van der Waals surface area (Å²) in [6.07, 6.45) is 0. The van der Waals surface area contributed by atoms with Crippen LogP contribution in [0.1, 0.15) is 6.92 Å². The van der Waals surface area contributed by atoms with Gasteiger partial charge in [0.1, 0.15) is 0 Å². The lowest BCUT2D eigenvalue weighted by molar-refractivity contribution is -0.115. The molecule has 27 heavy (non-hydrogen) atoms. The lowest BCUT2D eigenvalue weighted by atomic mass is 10.2. The molecule has 6 nitrogen and oxygen atoms in total. The minimum Gasteiger partial charge on any atom is -0.325 e. The summed E-state index contributed by atoms with van der Waals surface area (Å²) in [5.74, 6) is -0.195. The first-order chi connectivity index (χ1) is 12.8. The third-order valence-corrected chi connectivity index (χ3v) is 6.65. The Morgan fingerprint density at radius 2 is 1.81 bits per heavy atom. The Morgan fingerprint density at radius 1 is 1.15 bits per heavy atom. The van der Waals surface area contributed by atoms with E-state index >= 15 is 0 Å². The summed E-state index contributed by atoms with van der Waals surface area (Å²) >= 11 is 2.87. The van der Waals surface area contributed by atoms with Crippen LogP contribution in [0.2, 0.25) is 0 Å². The first-order valence-electron chi connectivity index (χ1n) is 7.94. The minimum absolute atomic E-state index is 0.000788. The number of thiazole rings is 1. The number of primary sulfonamides is 1. The standard InChI is InChI=1S/C18H17N3O3S3/c1-12(17(22)20-14-7-9-15(10-8-14)27(19,23)24)26-18-21-16(11-25-18)13-5-3-2-4-6-13/h2-12H,1H3,(H,20,22)(H2,19,23,24).